The van der Waals surface area contributed by atoms with Crippen LogP contribution in [0.25, 0.3) is 10.9 Å². The second kappa shape index (κ2) is 9.13. The fourth-order valence-corrected chi connectivity index (χ4v) is 4.98. The van der Waals surface area contributed by atoms with Crippen molar-refractivity contribution < 1.29 is 4.79 Å². The molecule has 0 radical (unpaired) electrons. The van der Waals surface area contributed by atoms with Crippen LogP contribution in [-0.4, -0.2) is 73.3 Å². The number of aromatic nitrogens is 1. The Kier molecular flexibility index (Phi) is 6.32. The Morgan fingerprint density at radius 3 is 2.80 bits per heavy atom. The molecule has 160 valence electrons. The topological polar surface area (TPSA) is 60.8 Å². The van der Waals surface area contributed by atoms with Gasteiger partial charge in [0.2, 0.25) is 0 Å². The number of hydrogen-bond acceptors (Lipinski definition) is 4. The molecule has 2 aliphatic rings. The van der Waals surface area contributed by atoms with Crippen molar-refractivity contribution in [1.29, 1.82) is 0 Å². The number of fused-ring (bicyclic) bond motifs is 1. The van der Waals surface area contributed by atoms with E-state index in [-0.39, 0.29) is 6.03 Å². The van der Waals surface area contributed by atoms with E-state index < -0.39 is 0 Å². The quantitative estimate of drug-likeness (QED) is 0.792. The maximum absolute atomic E-state index is 13.0. The third kappa shape index (κ3) is 4.48. The lowest BCUT2D eigenvalue weighted by Gasteiger charge is -2.38. The molecule has 2 atom stereocenters. The first-order chi connectivity index (χ1) is 14.5. The highest BCUT2D eigenvalue weighted by Crippen LogP contribution is 2.34. The van der Waals surface area contributed by atoms with E-state index in [9.17, 15) is 4.79 Å². The molecule has 0 bridgehead atoms. The van der Waals surface area contributed by atoms with Gasteiger partial charge in [0, 0.05) is 55.5 Å². The van der Waals surface area contributed by atoms with E-state index >= 15 is 0 Å². The van der Waals surface area contributed by atoms with E-state index in [0.717, 1.165) is 56.5 Å². The van der Waals surface area contributed by atoms with Gasteiger partial charge in [0.05, 0.1) is 5.52 Å². The molecule has 1 aromatic heterocycles. The summed E-state index contributed by atoms with van der Waals surface area (Å²) in [5, 5.41) is 4.47. The Hall–Kier alpha value is -2.47. The molecule has 2 aliphatic heterocycles. The number of piperidine rings is 2. The van der Waals surface area contributed by atoms with Gasteiger partial charge in [0.25, 0.3) is 0 Å². The lowest BCUT2D eigenvalue weighted by Crippen LogP contribution is -2.52. The fraction of sp³-hybridized carbons (Fsp3) is 0.542. The zero-order valence-corrected chi connectivity index (χ0v) is 18.3. The van der Waals surface area contributed by atoms with Crippen LogP contribution in [0.2, 0.25) is 0 Å². The van der Waals surface area contributed by atoms with Crippen molar-refractivity contribution in [3.63, 3.8) is 0 Å². The van der Waals surface area contributed by atoms with Crippen LogP contribution in [0.5, 0.6) is 0 Å². The van der Waals surface area contributed by atoms with Crippen LogP contribution < -0.4 is 5.32 Å². The van der Waals surface area contributed by atoms with E-state index in [1.807, 2.05) is 23.4 Å². The third-order valence-corrected chi connectivity index (χ3v) is 6.54. The van der Waals surface area contributed by atoms with E-state index in [1.54, 1.807) is 7.05 Å². The van der Waals surface area contributed by atoms with Gasteiger partial charge in [-0.05, 0) is 56.9 Å². The summed E-state index contributed by atoms with van der Waals surface area (Å²) in [7, 11) is 3.93. The summed E-state index contributed by atoms with van der Waals surface area (Å²) in [6.45, 7) is 5.94. The second-order valence-corrected chi connectivity index (χ2v) is 9.00. The number of aliphatic imine (C=N–C) groups is 1. The number of nitrogens with one attached hydrogen (secondary N) is 1. The predicted octanol–water partition coefficient (Wildman–Crippen LogP) is 3.51. The number of nitrogens with zero attached hydrogens (tertiary/aromatic N) is 4. The van der Waals surface area contributed by atoms with Crippen LogP contribution in [0.1, 0.15) is 43.2 Å². The van der Waals surface area contributed by atoms with Gasteiger partial charge in [0.15, 0.2) is 0 Å². The molecule has 0 aliphatic carbocycles. The number of urea groups is 1. The molecule has 0 unspecified atom stereocenters. The standard InChI is InChI=1S/C24H33N5O/c1-17-13-19(16-29(15-17)24(30)27-20-8-11-28(3)12-9-20)21-7-6-18(14-25-2)23-22(21)5-4-10-26-23/h4-7,10,14,17,19-20H,8-9,11-13,15-16H2,1-3H3,(H,27,30)/t17-,19+/m1/s1. The molecule has 1 N–H and O–H groups in total. The average molecular weight is 408 g/mol. The monoisotopic (exact) mass is 407 g/mol. The van der Waals surface area contributed by atoms with Gasteiger partial charge in [-0.15, -0.1) is 0 Å². The van der Waals surface area contributed by atoms with Gasteiger partial charge in [-0.1, -0.05) is 25.1 Å². The molecular formula is C24H33N5O. The number of rotatable bonds is 3. The molecule has 1 aromatic carbocycles. The smallest absolute Gasteiger partial charge is 0.317 e. The Morgan fingerprint density at radius 1 is 1.23 bits per heavy atom. The summed E-state index contributed by atoms with van der Waals surface area (Å²) >= 11 is 0. The highest BCUT2D eigenvalue weighted by molar-refractivity contribution is 5.99. The Balaban J connectivity index is 1.54. The first kappa shape index (κ1) is 20.8. The first-order valence-corrected chi connectivity index (χ1v) is 11.1. The number of amides is 2. The van der Waals surface area contributed by atoms with Gasteiger partial charge < -0.3 is 15.1 Å². The molecule has 3 heterocycles. The van der Waals surface area contributed by atoms with Crippen LogP contribution in [0.4, 0.5) is 4.79 Å². The molecule has 4 rings (SSSR count). The van der Waals surface area contributed by atoms with Gasteiger partial charge in [-0.25, -0.2) is 4.79 Å². The predicted molar refractivity (Wildman–Crippen MR) is 122 cm³/mol. The Bertz CT molecular complexity index is 919. The maximum Gasteiger partial charge on any atom is 0.317 e. The zero-order valence-electron chi connectivity index (χ0n) is 18.3. The minimum absolute atomic E-state index is 0.0956. The lowest BCUT2D eigenvalue weighted by molar-refractivity contribution is 0.150. The first-order valence-electron chi connectivity index (χ1n) is 11.1. The van der Waals surface area contributed by atoms with Crippen molar-refractivity contribution in [3.8, 4) is 0 Å². The summed E-state index contributed by atoms with van der Waals surface area (Å²) in [5.74, 6) is 0.784. The fourth-order valence-electron chi connectivity index (χ4n) is 4.98. The number of pyridine rings is 1. The Labute approximate surface area is 179 Å². The SMILES string of the molecule is CN=Cc1ccc([C@H]2C[C@@H](C)CN(C(=O)NC3CCN(C)CC3)C2)c2cccnc12. The van der Waals surface area contributed by atoms with Crippen molar-refractivity contribution in [1.82, 2.24) is 20.1 Å². The normalized spacial score (nSPS) is 23.9. The summed E-state index contributed by atoms with van der Waals surface area (Å²) in [5.41, 5.74) is 3.31. The van der Waals surface area contributed by atoms with E-state index in [1.165, 1.54) is 10.9 Å². The molecule has 2 fully saturated rings. The molecule has 30 heavy (non-hydrogen) atoms. The van der Waals surface area contributed by atoms with Crippen LogP contribution in [0, 0.1) is 5.92 Å². The second-order valence-electron chi connectivity index (χ2n) is 9.00. The number of hydrogen-bond donors (Lipinski definition) is 1. The van der Waals surface area contributed by atoms with Gasteiger partial charge in [-0.2, -0.15) is 0 Å². The van der Waals surface area contributed by atoms with Crippen molar-refractivity contribution in [2.75, 3.05) is 40.3 Å². The van der Waals surface area contributed by atoms with Gasteiger partial charge >= 0.3 is 6.03 Å². The molecule has 2 aromatic rings. The lowest BCUT2D eigenvalue weighted by atomic mass is 9.83. The minimum Gasteiger partial charge on any atom is -0.335 e. The van der Waals surface area contributed by atoms with Crippen LogP contribution in [-0.2, 0) is 0 Å². The minimum atomic E-state index is 0.0956. The number of likely N-dealkylation sites (tertiary alicyclic amines) is 2. The molecular weight excluding hydrogens is 374 g/mol. The van der Waals surface area contributed by atoms with Crippen molar-refractivity contribution in [2.24, 2.45) is 10.9 Å². The zero-order chi connectivity index (χ0) is 21.1. The number of benzene rings is 1. The van der Waals surface area contributed by atoms with Crippen molar-refractivity contribution in [3.05, 3.63) is 41.6 Å². The van der Waals surface area contributed by atoms with Crippen LogP contribution >= 0.6 is 0 Å². The largest absolute Gasteiger partial charge is 0.335 e. The summed E-state index contributed by atoms with van der Waals surface area (Å²) < 4.78 is 0. The van der Waals surface area contributed by atoms with Crippen LogP contribution in [0.15, 0.2) is 35.5 Å². The summed E-state index contributed by atoms with van der Waals surface area (Å²) in [6.07, 6.45) is 6.86. The van der Waals surface area contributed by atoms with E-state index in [4.69, 9.17) is 0 Å². The Morgan fingerprint density at radius 2 is 2.03 bits per heavy atom. The van der Waals surface area contributed by atoms with Crippen molar-refractivity contribution >= 4 is 23.1 Å². The van der Waals surface area contributed by atoms with Crippen molar-refractivity contribution in [2.45, 2.75) is 38.1 Å². The molecule has 0 saturated carbocycles. The van der Waals surface area contributed by atoms with Crippen LogP contribution in [0.3, 0.4) is 0 Å². The molecule has 6 heteroatoms. The van der Waals surface area contributed by atoms with Gasteiger partial charge in [-0.3, -0.25) is 9.98 Å². The molecule has 0 spiro atoms. The maximum atomic E-state index is 13.0. The highest BCUT2D eigenvalue weighted by Gasteiger charge is 2.31. The number of carbonyl (C=O) groups excluding carboxylic acids is 1. The van der Waals surface area contributed by atoms with Gasteiger partial charge in [0.1, 0.15) is 0 Å². The third-order valence-electron chi connectivity index (χ3n) is 6.54. The number of carbonyl (C=O) groups is 1. The molecule has 2 saturated heterocycles. The highest BCUT2D eigenvalue weighted by atomic mass is 16.2. The average Bonchev–Trinajstić information content (AvgIpc) is 2.75. The summed E-state index contributed by atoms with van der Waals surface area (Å²) in [6, 6.07) is 8.85. The van der Waals surface area contributed by atoms with E-state index in [2.05, 4.69) is 52.4 Å². The van der Waals surface area contributed by atoms with E-state index in [0.29, 0.717) is 17.9 Å². The molecule has 2 amide bonds. The molecule has 6 nitrogen and oxygen atoms in total. The summed E-state index contributed by atoms with van der Waals surface area (Å²) in [4.78, 5) is 26.2.